The van der Waals surface area contributed by atoms with Crippen LogP contribution in [0.25, 0.3) is 0 Å². The highest BCUT2D eigenvalue weighted by Gasteiger charge is 2.21. The SMILES string of the molecule is CCCNC(CC1CCOCC1)c1ccc(Br)cc1C. The van der Waals surface area contributed by atoms with Crippen LogP contribution in [0.2, 0.25) is 0 Å². The summed E-state index contributed by atoms with van der Waals surface area (Å²) in [6.07, 6.45) is 4.82. The second-order valence-corrected chi connectivity index (χ2v) is 6.71. The summed E-state index contributed by atoms with van der Waals surface area (Å²) in [7, 11) is 0. The van der Waals surface area contributed by atoms with Crippen LogP contribution >= 0.6 is 15.9 Å². The molecule has 0 amide bonds. The Hall–Kier alpha value is -0.380. The van der Waals surface area contributed by atoms with Crippen molar-refractivity contribution in [2.45, 2.75) is 45.6 Å². The fourth-order valence-electron chi connectivity index (χ4n) is 2.98. The Morgan fingerprint density at radius 3 is 2.75 bits per heavy atom. The Bertz CT molecular complexity index is 415. The fraction of sp³-hybridized carbons (Fsp3) is 0.647. The third-order valence-corrected chi connectivity index (χ3v) is 4.65. The molecule has 1 aromatic rings. The molecule has 0 saturated carbocycles. The lowest BCUT2D eigenvalue weighted by molar-refractivity contribution is 0.0605. The Balaban J connectivity index is 2.08. The summed E-state index contributed by atoms with van der Waals surface area (Å²) in [6, 6.07) is 7.13. The molecular formula is C17H26BrNO. The second-order valence-electron chi connectivity index (χ2n) is 5.80. The van der Waals surface area contributed by atoms with Gasteiger partial charge in [-0.2, -0.15) is 0 Å². The van der Waals surface area contributed by atoms with E-state index >= 15 is 0 Å². The van der Waals surface area contributed by atoms with Crippen molar-refractivity contribution in [3.8, 4) is 0 Å². The summed E-state index contributed by atoms with van der Waals surface area (Å²) in [5.41, 5.74) is 2.83. The summed E-state index contributed by atoms with van der Waals surface area (Å²) in [6.45, 7) is 7.40. The van der Waals surface area contributed by atoms with Crippen molar-refractivity contribution in [2.75, 3.05) is 19.8 Å². The summed E-state index contributed by atoms with van der Waals surface area (Å²) < 4.78 is 6.65. The van der Waals surface area contributed by atoms with Gasteiger partial charge in [-0.1, -0.05) is 28.9 Å². The molecule has 1 saturated heterocycles. The van der Waals surface area contributed by atoms with Crippen molar-refractivity contribution in [1.29, 1.82) is 0 Å². The first-order chi connectivity index (χ1) is 9.70. The Labute approximate surface area is 131 Å². The number of rotatable bonds is 6. The van der Waals surface area contributed by atoms with Crippen molar-refractivity contribution in [3.05, 3.63) is 33.8 Å². The van der Waals surface area contributed by atoms with E-state index in [-0.39, 0.29) is 0 Å². The fourth-order valence-corrected chi connectivity index (χ4v) is 3.46. The minimum Gasteiger partial charge on any atom is -0.381 e. The lowest BCUT2D eigenvalue weighted by atomic mass is 9.88. The van der Waals surface area contributed by atoms with E-state index in [1.165, 1.54) is 41.3 Å². The number of hydrogen-bond donors (Lipinski definition) is 1. The van der Waals surface area contributed by atoms with Crippen LogP contribution in [0, 0.1) is 12.8 Å². The molecule has 20 heavy (non-hydrogen) atoms. The molecule has 0 radical (unpaired) electrons. The molecule has 1 atom stereocenters. The van der Waals surface area contributed by atoms with Crippen molar-refractivity contribution < 1.29 is 4.74 Å². The van der Waals surface area contributed by atoms with Gasteiger partial charge in [0.2, 0.25) is 0 Å². The summed E-state index contributed by atoms with van der Waals surface area (Å²) in [5, 5.41) is 3.74. The second kappa shape index (κ2) is 8.16. The number of aryl methyl sites for hydroxylation is 1. The predicted octanol–water partition coefficient (Wildman–Crippen LogP) is 4.61. The van der Waals surface area contributed by atoms with Crippen LogP contribution in [-0.2, 0) is 4.74 Å². The Morgan fingerprint density at radius 1 is 1.35 bits per heavy atom. The van der Waals surface area contributed by atoms with Gasteiger partial charge in [-0.15, -0.1) is 0 Å². The quantitative estimate of drug-likeness (QED) is 0.816. The van der Waals surface area contributed by atoms with E-state index in [1.807, 2.05) is 0 Å². The van der Waals surface area contributed by atoms with Crippen LogP contribution in [0.3, 0.4) is 0 Å². The smallest absolute Gasteiger partial charge is 0.0468 e. The molecule has 1 N–H and O–H groups in total. The van der Waals surface area contributed by atoms with Gasteiger partial charge in [0.1, 0.15) is 0 Å². The molecule has 2 rings (SSSR count). The molecule has 0 aromatic heterocycles. The first-order valence-corrected chi connectivity index (χ1v) is 8.57. The normalized spacial score (nSPS) is 18.1. The molecule has 1 aliphatic rings. The lowest BCUT2D eigenvalue weighted by Gasteiger charge is -2.28. The molecule has 0 bridgehead atoms. The average molecular weight is 340 g/mol. The molecule has 3 heteroatoms. The first-order valence-electron chi connectivity index (χ1n) is 7.78. The molecule has 1 heterocycles. The molecule has 1 unspecified atom stereocenters. The minimum atomic E-state index is 0.478. The van der Waals surface area contributed by atoms with Crippen LogP contribution in [-0.4, -0.2) is 19.8 Å². The van der Waals surface area contributed by atoms with Crippen LogP contribution < -0.4 is 5.32 Å². The van der Waals surface area contributed by atoms with Gasteiger partial charge in [-0.3, -0.25) is 0 Å². The molecule has 2 nitrogen and oxygen atoms in total. The van der Waals surface area contributed by atoms with Crippen LogP contribution in [0.1, 0.15) is 49.8 Å². The maximum Gasteiger partial charge on any atom is 0.0468 e. The van der Waals surface area contributed by atoms with Gasteiger partial charge in [-0.05, 0) is 68.3 Å². The van der Waals surface area contributed by atoms with E-state index in [4.69, 9.17) is 4.74 Å². The maximum absolute atomic E-state index is 5.48. The highest BCUT2D eigenvalue weighted by Crippen LogP contribution is 2.30. The van der Waals surface area contributed by atoms with E-state index in [0.717, 1.165) is 25.7 Å². The molecule has 0 aliphatic carbocycles. The molecule has 112 valence electrons. The van der Waals surface area contributed by atoms with Gasteiger partial charge >= 0.3 is 0 Å². The highest BCUT2D eigenvalue weighted by molar-refractivity contribution is 9.10. The molecule has 1 aliphatic heterocycles. The van der Waals surface area contributed by atoms with E-state index in [1.54, 1.807) is 0 Å². The number of nitrogens with one attached hydrogen (secondary N) is 1. The number of halogens is 1. The van der Waals surface area contributed by atoms with Gasteiger partial charge < -0.3 is 10.1 Å². The lowest BCUT2D eigenvalue weighted by Crippen LogP contribution is -2.27. The Morgan fingerprint density at radius 2 is 2.10 bits per heavy atom. The number of benzene rings is 1. The third-order valence-electron chi connectivity index (χ3n) is 4.16. The monoisotopic (exact) mass is 339 g/mol. The van der Waals surface area contributed by atoms with Crippen molar-refractivity contribution in [3.63, 3.8) is 0 Å². The van der Waals surface area contributed by atoms with Crippen LogP contribution in [0.15, 0.2) is 22.7 Å². The van der Waals surface area contributed by atoms with Gasteiger partial charge in [0.25, 0.3) is 0 Å². The largest absolute Gasteiger partial charge is 0.381 e. The van der Waals surface area contributed by atoms with Crippen molar-refractivity contribution in [2.24, 2.45) is 5.92 Å². The number of hydrogen-bond acceptors (Lipinski definition) is 2. The minimum absolute atomic E-state index is 0.478. The summed E-state index contributed by atoms with van der Waals surface area (Å²) in [5.74, 6) is 0.793. The summed E-state index contributed by atoms with van der Waals surface area (Å²) >= 11 is 3.56. The maximum atomic E-state index is 5.48. The van der Waals surface area contributed by atoms with E-state index in [9.17, 15) is 0 Å². The zero-order chi connectivity index (χ0) is 14.4. The standard InChI is InChI=1S/C17H26BrNO/c1-3-8-19-17(12-14-6-9-20-10-7-14)16-5-4-15(18)11-13(16)2/h4-5,11,14,17,19H,3,6-10,12H2,1-2H3. The average Bonchev–Trinajstić information content (AvgIpc) is 2.45. The van der Waals surface area contributed by atoms with Crippen LogP contribution in [0.5, 0.6) is 0 Å². The van der Waals surface area contributed by atoms with Gasteiger partial charge in [0, 0.05) is 23.7 Å². The third kappa shape index (κ3) is 4.57. The molecule has 1 fully saturated rings. The molecule has 0 spiro atoms. The summed E-state index contributed by atoms with van der Waals surface area (Å²) in [4.78, 5) is 0. The van der Waals surface area contributed by atoms with E-state index < -0.39 is 0 Å². The zero-order valence-corrected chi connectivity index (χ0v) is 14.2. The molecule has 1 aromatic carbocycles. The van der Waals surface area contributed by atoms with Crippen molar-refractivity contribution in [1.82, 2.24) is 5.32 Å². The first kappa shape index (κ1) is 16.0. The highest BCUT2D eigenvalue weighted by atomic mass is 79.9. The molecular weight excluding hydrogens is 314 g/mol. The topological polar surface area (TPSA) is 21.3 Å². The zero-order valence-electron chi connectivity index (χ0n) is 12.6. The van der Waals surface area contributed by atoms with Crippen molar-refractivity contribution >= 4 is 15.9 Å². The van der Waals surface area contributed by atoms with Gasteiger partial charge in [0.15, 0.2) is 0 Å². The van der Waals surface area contributed by atoms with E-state index in [2.05, 4.69) is 53.3 Å². The van der Waals surface area contributed by atoms with E-state index in [0.29, 0.717) is 6.04 Å². The predicted molar refractivity (Wildman–Crippen MR) is 88.1 cm³/mol. The van der Waals surface area contributed by atoms with Gasteiger partial charge in [0.05, 0.1) is 0 Å². The Kier molecular flexibility index (Phi) is 6.53. The van der Waals surface area contributed by atoms with Crippen LogP contribution in [0.4, 0.5) is 0 Å². The number of ether oxygens (including phenoxy) is 1. The van der Waals surface area contributed by atoms with Gasteiger partial charge in [-0.25, -0.2) is 0 Å².